The van der Waals surface area contributed by atoms with Crippen LogP contribution in [0.5, 0.6) is 0 Å². The molecule has 1 aliphatic rings. The van der Waals surface area contributed by atoms with Crippen molar-refractivity contribution in [3.63, 3.8) is 0 Å². The Morgan fingerprint density at radius 3 is 2.65 bits per heavy atom. The first-order chi connectivity index (χ1) is 8.16. The maximum atomic E-state index is 5.84. The molecule has 88 valence electrons. The predicted octanol–water partition coefficient (Wildman–Crippen LogP) is 2.48. The van der Waals surface area contributed by atoms with Crippen molar-refractivity contribution in [3.05, 3.63) is 29.6 Å². The summed E-state index contributed by atoms with van der Waals surface area (Å²) in [7, 11) is 0. The topological polar surface area (TPSA) is 56.7 Å². The van der Waals surface area contributed by atoms with E-state index < -0.39 is 0 Å². The molecule has 0 bridgehead atoms. The molecule has 0 radical (unpaired) electrons. The van der Waals surface area contributed by atoms with Crippen molar-refractivity contribution < 1.29 is 0 Å². The Labute approximate surface area is 100 Å². The number of rotatable bonds is 2. The van der Waals surface area contributed by atoms with Gasteiger partial charge in [0.05, 0.1) is 0 Å². The Morgan fingerprint density at radius 2 is 2.00 bits per heavy atom. The molecule has 3 rings (SSSR count). The average Bonchev–Trinajstić information content (AvgIpc) is 3.06. The first kappa shape index (κ1) is 10.3. The lowest BCUT2D eigenvalue weighted by atomic mass is 10.1. The molecule has 0 spiro atoms. The third-order valence-corrected chi connectivity index (χ3v) is 3.31. The van der Waals surface area contributed by atoms with E-state index in [2.05, 4.69) is 20.8 Å². The second kappa shape index (κ2) is 3.58. The lowest BCUT2D eigenvalue weighted by Gasteiger charge is -2.08. The van der Waals surface area contributed by atoms with E-state index in [0.29, 0.717) is 6.04 Å². The highest BCUT2D eigenvalue weighted by molar-refractivity contribution is 5.62. The van der Waals surface area contributed by atoms with Gasteiger partial charge in [-0.25, -0.2) is 0 Å². The number of nitrogens with two attached hydrogens (primary N) is 1. The molecule has 1 fully saturated rings. The molecule has 17 heavy (non-hydrogen) atoms. The minimum Gasteiger partial charge on any atom is -0.399 e. The summed E-state index contributed by atoms with van der Waals surface area (Å²) in [4.78, 5) is 0. The van der Waals surface area contributed by atoms with Gasteiger partial charge in [-0.2, -0.15) is 0 Å². The fraction of sp³-hybridized carbons (Fsp3) is 0.385. The highest BCUT2D eigenvalue weighted by Gasteiger charge is 2.28. The van der Waals surface area contributed by atoms with E-state index >= 15 is 0 Å². The Hall–Kier alpha value is -1.84. The largest absolute Gasteiger partial charge is 0.399 e. The highest BCUT2D eigenvalue weighted by atomic mass is 15.3. The van der Waals surface area contributed by atoms with Crippen LogP contribution in [0.1, 0.15) is 30.3 Å². The molecular formula is C13H16N4. The quantitative estimate of drug-likeness (QED) is 0.803. The molecular weight excluding hydrogens is 212 g/mol. The number of benzene rings is 1. The van der Waals surface area contributed by atoms with Gasteiger partial charge in [0, 0.05) is 17.3 Å². The van der Waals surface area contributed by atoms with Crippen LogP contribution in [0, 0.1) is 13.8 Å². The number of anilines is 1. The molecule has 1 heterocycles. The average molecular weight is 228 g/mol. The van der Waals surface area contributed by atoms with Crippen molar-refractivity contribution in [2.24, 2.45) is 0 Å². The van der Waals surface area contributed by atoms with E-state index in [0.717, 1.165) is 28.5 Å². The zero-order chi connectivity index (χ0) is 12.0. The summed E-state index contributed by atoms with van der Waals surface area (Å²) < 4.78 is 2.24. The van der Waals surface area contributed by atoms with Gasteiger partial charge in [0.15, 0.2) is 5.82 Å². The molecule has 0 saturated heterocycles. The molecule has 4 heteroatoms. The smallest absolute Gasteiger partial charge is 0.164 e. The van der Waals surface area contributed by atoms with Crippen molar-refractivity contribution >= 4 is 5.69 Å². The van der Waals surface area contributed by atoms with Gasteiger partial charge >= 0.3 is 0 Å². The van der Waals surface area contributed by atoms with Gasteiger partial charge in [0.1, 0.15) is 5.82 Å². The van der Waals surface area contributed by atoms with E-state index in [1.54, 1.807) is 0 Å². The lowest BCUT2D eigenvalue weighted by Crippen LogP contribution is -2.00. The molecule has 1 aliphatic carbocycles. The number of aromatic nitrogens is 3. The first-order valence-corrected chi connectivity index (χ1v) is 5.95. The zero-order valence-corrected chi connectivity index (χ0v) is 10.1. The number of nitrogens with zero attached hydrogens (tertiary/aromatic N) is 3. The summed E-state index contributed by atoms with van der Waals surface area (Å²) in [5, 5.41) is 8.48. The summed E-state index contributed by atoms with van der Waals surface area (Å²) in [5.41, 5.74) is 8.85. The van der Waals surface area contributed by atoms with E-state index in [4.69, 9.17) is 5.73 Å². The molecule has 0 unspecified atom stereocenters. The van der Waals surface area contributed by atoms with Crippen LogP contribution in [-0.4, -0.2) is 14.8 Å². The summed E-state index contributed by atoms with van der Waals surface area (Å²) in [6.45, 7) is 4.03. The molecule has 1 saturated carbocycles. The molecule has 4 nitrogen and oxygen atoms in total. The number of aryl methyl sites for hydroxylation is 2. The van der Waals surface area contributed by atoms with Crippen molar-refractivity contribution in [3.8, 4) is 11.4 Å². The normalized spacial score (nSPS) is 15.2. The van der Waals surface area contributed by atoms with Gasteiger partial charge in [-0.05, 0) is 50.5 Å². The molecule has 0 amide bonds. The van der Waals surface area contributed by atoms with E-state index in [9.17, 15) is 0 Å². The minimum atomic E-state index is 0.595. The van der Waals surface area contributed by atoms with Gasteiger partial charge in [0.2, 0.25) is 0 Å². The number of nitrogen functional groups attached to an aromatic ring is 1. The standard InChI is InChI=1S/C13H16N4/c1-8-7-10(3-6-12(8)14)13-16-15-9(2)17(13)11-4-5-11/h3,6-7,11H,4-5,14H2,1-2H3. The Morgan fingerprint density at radius 1 is 1.24 bits per heavy atom. The minimum absolute atomic E-state index is 0.595. The van der Waals surface area contributed by atoms with Gasteiger partial charge in [0.25, 0.3) is 0 Å². The van der Waals surface area contributed by atoms with Gasteiger partial charge < -0.3 is 10.3 Å². The lowest BCUT2D eigenvalue weighted by molar-refractivity contribution is 0.717. The summed E-state index contributed by atoms with van der Waals surface area (Å²) in [6.07, 6.45) is 2.47. The van der Waals surface area contributed by atoms with Crippen LogP contribution >= 0.6 is 0 Å². The third-order valence-electron chi connectivity index (χ3n) is 3.31. The Balaban J connectivity index is 2.11. The van der Waals surface area contributed by atoms with E-state index in [1.807, 2.05) is 26.0 Å². The van der Waals surface area contributed by atoms with Gasteiger partial charge in [-0.15, -0.1) is 10.2 Å². The Bertz CT molecular complexity index is 567. The number of hydrogen-bond donors (Lipinski definition) is 1. The van der Waals surface area contributed by atoms with Crippen LogP contribution < -0.4 is 5.73 Å². The first-order valence-electron chi connectivity index (χ1n) is 5.95. The van der Waals surface area contributed by atoms with Crippen LogP contribution in [0.4, 0.5) is 5.69 Å². The van der Waals surface area contributed by atoms with E-state index in [-0.39, 0.29) is 0 Å². The van der Waals surface area contributed by atoms with E-state index in [1.165, 1.54) is 12.8 Å². The SMILES string of the molecule is Cc1cc(-c2nnc(C)n2C2CC2)ccc1N. The summed E-state index contributed by atoms with van der Waals surface area (Å²) in [5.74, 6) is 1.96. The summed E-state index contributed by atoms with van der Waals surface area (Å²) >= 11 is 0. The van der Waals surface area contributed by atoms with Crippen molar-refractivity contribution in [1.82, 2.24) is 14.8 Å². The van der Waals surface area contributed by atoms with Crippen LogP contribution in [0.2, 0.25) is 0 Å². The molecule has 0 aliphatic heterocycles. The second-order valence-corrected chi connectivity index (χ2v) is 4.74. The third kappa shape index (κ3) is 1.69. The molecule has 1 aromatic heterocycles. The second-order valence-electron chi connectivity index (χ2n) is 4.74. The van der Waals surface area contributed by atoms with Gasteiger partial charge in [-0.1, -0.05) is 0 Å². The molecule has 0 atom stereocenters. The van der Waals surface area contributed by atoms with Crippen LogP contribution in [0.3, 0.4) is 0 Å². The van der Waals surface area contributed by atoms with Crippen molar-refractivity contribution in [2.45, 2.75) is 32.7 Å². The molecule has 1 aromatic carbocycles. The Kier molecular flexibility index (Phi) is 2.18. The monoisotopic (exact) mass is 228 g/mol. The fourth-order valence-electron chi connectivity index (χ4n) is 2.15. The highest BCUT2D eigenvalue weighted by Crippen LogP contribution is 2.38. The predicted molar refractivity (Wildman–Crippen MR) is 67.6 cm³/mol. The molecule has 2 aromatic rings. The van der Waals surface area contributed by atoms with Crippen molar-refractivity contribution in [2.75, 3.05) is 5.73 Å². The number of hydrogen-bond acceptors (Lipinski definition) is 3. The zero-order valence-electron chi connectivity index (χ0n) is 10.1. The van der Waals surface area contributed by atoms with Gasteiger partial charge in [-0.3, -0.25) is 0 Å². The molecule has 2 N–H and O–H groups in total. The fourth-order valence-corrected chi connectivity index (χ4v) is 2.15. The summed E-state index contributed by atoms with van der Waals surface area (Å²) in [6, 6.07) is 6.63. The van der Waals surface area contributed by atoms with Crippen LogP contribution in [0.25, 0.3) is 11.4 Å². The van der Waals surface area contributed by atoms with Crippen LogP contribution in [0.15, 0.2) is 18.2 Å². The van der Waals surface area contributed by atoms with Crippen LogP contribution in [-0.2, 0) is 0 Å². The maximum Gasteiger partial charge on any atom is 0.164 e. The maximum absolute atomic E-state index is 5.84. The van der Waals surface area contributed by atoms with Crippen molar-refractivity contribution in [1.29, 1.82) is 0 Å².